The van der Waals surface area contributed by atoms with Crippen molar-refractivity contribution in [3.63, 3.8) is 0 Å². The van der Waals surface area contributed by atoms with Crippen LogP contribution in [0.3, 0.4) is 0 Å². The van der Waals surface area contributed by atoms with Crippen LogP contribution in [0, 0.1) is 0 Å². The molecule has 0 bridgehead atoms. The van der Waals surface area contributed by atoms with Gasteiger partial charge in [-0.25, -0.2) is 8.78 Å². The summed E-state index contributed by atoms with van der Waals surface area (Å²) < 4.78 is 45.0. The molecule has 2 unspecified atom stereocenters. The van der Waals surface area contributed by atoms with Gasteiger partial charge in [0.2, 0.25) is 0 Å². The number of benzene rings is 3. The summed E-state index contributed by atoms with van der Waals surface area (Å²) in [5, 5.41) is 0. The van der Waals surface area contributed by atoms with E-state index in [0.29, 0.717) is 36.7 Å². The third kappa shape index (κ3) is 2.83. The Morgan fingerprint density at radius 3 is 2.65 bits per heavy atom. The first-order valence-corrected chi connectivity index (χ1v) is 10.4. The van der Waals surface area contributed by atoms with Gasteiger partial charge in [0.15, 0.2) is 11.5 Å². The Bertz CT molecular complexity index is 1200. The van der Waals surface area contributed by atoms with Crippen molar-refractivity contribution in [2.75, 3.05) is 13.2 Å². The molecule has 3 aromatic rings. The lowest BCUT2D eigenvalue weighted by Crippen LogP contribution is -2.32. The van der Waals surface area contributed by atoms with E-state index in [-0.39, 0.29) is 17.1 Å². The van der Waals surface area contributed by atoms with Crippen LogP contribution in [0.25, 0.3) is 6.08 Å². The van der Waals surface area contributed by atoms with Crippen molar-refractivity contribution >= 4 is 6.08 Å². The highest BCUT2D eigenvalue weighted by molar-refractivity contribution is 5.73. The predicted molar refractivity (Wildman–Crippen MR) is 113 cm³/mol. The van der Waals surface area contributed by atoms with Crippen molar-refractivity contribution in [3.8, 4) is 17.2 Å². The Morgan fingerprint density at radius 1 is 0.903 bits per heavy atom. The van der Waals surface area contributed by atoms with Crippen LogP contribution in [0.1, 0.15) is 34.2 Å². The smallest absolute Gasteiger partial charge is 0.264 e. The lowest BCUT2D eigenvalue weighted by molar-refractivity contribution is 0.0894. The Kier molecular flexibility index (Phi) is 4.07. The second-order valence-electron chi connectivity index (χ2n) is 8.23. The van der Waals surface area contributed by atoms with E-state index in [1.54, 1.807) is 18.2 Å². The van der Waals surface area contributed by atoms with Crippen LogP contribution >= 0.6 is 0 Å². The van der Waals surface area contributed by atoms with E-state index in [0.717, 1.165) is 11.3 Å². The van der Waals surface area contributed by atoms with E-state index < -0.39 is 6.43 Å². The molecule has 3 aromatic carbocycles. The lowest BCUT2D eigenvalue weighted by atomic mass is 9.78. The molecular formula is C26H20F2O3. The second kappa shape index (κ2) is 6.84. The largest absolute Gasteiger partial charge is 0.491 e. The number of rotatable bonds is 3. The maximum absolute atomic E-state index is 13.4. The maximum atomic E-state index is 13.4. The van der Waals surface area contributed by atoms with Crippen molar-refractivity contribution in [2.24, 2.45) is 0 Å². The summed E-state index contributed by atoms with van der Waals surface area (Å²) >= 11 is 0. The third-order valence-corrected chi connectivity index (χ3v) is 6.43. The maximum Gasteiger partial charge on any atom is 0.264 e. The first-order valence-electron chi connectivity index (χ1n) is 10.4. The van der Waals surface area contributed by atoms with Crippen molar-refractivity contribution in [1.82, 2.24) is 0 Å². The molecule has 2 aliphatic heterocycles. The van der Waals surface area contributed by atoms with Crippen molar-refractivity contribution in [2.45, 2.75) is 24.4 Å². The number of hydrogen-bond donors (Lipinski definition) is 0. The number of hydrogen-bond acceptors (Lipinski definition) is 3. The van der Waals surface area contributed by atoms with Crippen LogP contribution in [-0.4, -0.2) is 19.3 Å². The van der Waals surface area contributed by atoms with Crippen molar-refractivity contribution in [3.05, 3.63) is 94.6 Å². The summed E-state index contributed by atoms with van der Waals surface area (Å²) in [4.78, 5) is 0. The number of fused-ring (bicyclic) bond motifs is 5. The van der Waals surface area contributed by atoms with Crippen LogP contribution in [0.15, 0.2) is 66.7 Å². The third-order valence-electron chi connectivity index (χ3n) is 6.43. The molecule has 5 heteroatoms. The normalized spacial score (nSPS) is 22.5. The topological polar surface area (TPSA) is 27.7 Å². The minimum Gasteiger partial charge on any atom is -0.491 e. The molecule has 2 atom stereocenters. The second-order valence-corrected chi connectivity index (χ2v) is 8.23. The Balaban J connectivity index is 1.33. The molecule has 0 radical (unpaired) electrons. The number of alkyl halides is 2. The van der Waals surface area contributed by atoms with Gasteiger partial charge in [-0.3, -0.25) is 0 Å². The van der Waals surface area contributed by atoms with Gasteiger partial charge in [-0.05, 0) is 22.8 Å². The number of halogens is 2. The molecule has 0 amide bonds. The lowest BCUT2D eigenvalue weighted by Gasteiger charge is -2.29. The van der Waals surface area contributed by atoms with Crippen LogP contribution in [0.5, 0.6) is 17.2 Å². The van der Waals surface area contributed by atoms with E-state index in [9.17, 15) is 8.78 Å². The molecule has 0 fully saturated rings. The molecule has 6 rings (SSSR count). The predicted octanol–water partition coefficient (Wildman–Crippen LogP) is 5.71. The zero-order chi connectivity index (χ0) is 21.0. The minimum atomic E-state index is -2.51. The van der Waals surface area contributed by atoms with E-state index in [2.05, 4.69) is 24.3 Å². The highest BCUT2D eigenvalue weighted by Crippen LogP contribution is 2.52. The quantitative estimate of drug-likeness (QED) is 0.545. The zero-order valence-corrected chi connectivity index (χ0v) is 16.7. The van der Waals surface area contributed by atoms with Gasteiger partial charge in [-0.15, -0.1) is 0 Å². The molecule has 31 heavy (non-hydrogen) atoms. The molecule has 0 N–H and O–H groups in total. The molecule has 1 aliphatic carbocycles. The summed E-state index contributed by atoms with van der Waals surface area (Å²) in [6, 6.07) is 18.8. The van der Waals surface area contributed by atoms with Gasteiger partial charge >= 0.3 is 0 Å². The van der Waals surface area contributed by atoms with Gasteiger partial charge in [-0.2, -0.15) is 0 Å². The molecular weight excluding hydrogens is 398 g/mol. The molecule has 3 aliphatic rings. The Hall–Kier alpha value is -3.34. The molecule has 2 heterocycles. The summed E-state index contributed by atoms with van der Waals surface area (Å²) in [7, 11) is 0. The van der Waals surface area contributed by atoms with E-state index >= 15 is 0 Å². The van der Waals surface area contributed by atoms with Gasteiger partial charge in [0, 0.05) is 23.6 Å². The Morgan fingerprint density at radius 2 is 1.74 bits per heavy atom. The van der Waals surface area contributed by atoms with Gasteiger partial charge in [0.1, 0.15) is 25.1 Å². The van der Waals surface area contributed by atoms with Crippen LogP contribution < -0.4 is 14.2 Å². The van der Waals surface area contributed by atoms with Crippen LogP contribution in [-0.2, 0) is 11.8 Å². The Labute approximate surface area is 178 Å². The fourth-order valence-electron chi connectivity index (χ4n) is 4.89. The van der Waals surface area contributed by atoms with Gasteiger partial charge in [-0.1, -0.05) is 60.7 Å². The fraction of sp³-hybridized carbons (Fsp3) is 0.231. The first-order chi connectivity index (χ1) is 15.1. The fourth-order valence-corrected chi connectivity index (χ4v) is 4.89. The molecule has 3 nitrogen and oxygen atoms in total. The van der Waals surface area contributed by atoms with Crippen molar-refractivity contribution in [1.29, 1.82) is 0 Å². The standard InChI is InChI=1S/C26H20F2O3/c27-25(28)19-7-3-1-6-17(19)11-18-14-29-23-13-22-21(12-24(23)31-18)26(15-30-22)10-9-16-5-2-4-8-20(16)26/h1-10,12-13,18,25H,11,14-15H2. The highest BCUT2D eigenvalue weighted by atomic mass is 19.3. The van der Waals surface area contributed by atoms with Gasteiger partial charge < -0.3 is 14.2 Å². The highest BCUT2D eigenvalue weighted by Gasteiger charge is 2.45. The van der Waals surface area contributed by atoms with Crippen LogP contribution in [0.4, 0.5) is 8.78 Å². The van der Waals surface area contributed by atoms with Crippen molar-refractivity contribution < 1.29 is 23.0 Å². The van der Waals surface area contributed by atoms with E-state index in [4.69, 9.17) is 14.2 Å². The number of ether oxygens (including phenoxy) is 3. The van der Waals surface area contributed by atoms with Gasteiger partial charge in [0.05, 0.1) is 5.41 Å². The zero-order valence-electron chi connectivity index (χ0n) is 16.7. The average molecular weight is 418 g/mol. The monoisotopic (exact) mass is 418 g/mol. The molecule has 1 spiro atoms. The van der Waals surface area contributed by atoms with E-state index in [1.807, 2.05) is 24.3 Å². The average Bonchev–Trinajstić information content (AvgIpc) is 3.34. The molecule has 0 saturated carbocycles. The summed E-state index contributed by atoms with van der Waals surface area (Å²) in [5.74, 6) is 2.06. The summed E-state index contributed by atoms with van der Waals surface area (Å²) in [6.07, 6.45) is 1.84. The van der Waals surface area contributed by atoms with Gasteiger partial charge in [0.25, 0.3) is 6.43 Å². The molecule has 0 saturated heterocycles. The minimum absolute atomic E-state index is 0.0471. The summed E-state index contributed by atoms with van der Waals surface area (Å²) in [5.41, 5.74) is 3.75. The SMILES string of the molecule is FC(F)c1ccccc1CC1COc2cc3c(cc2O1)C1(C=Cc2ccccc21)CO3. The first kappa shape index (κ1) is 18.4. The molecule has 0 aromatic heterocycles. The molecule has 156 valence electrons. The van der Waals surface area contributed by atoms with E-state index in [1.165, 1.54) is 17.2 Å². The van der Waals surface area contributed by atoms with Crippen LogP contribution in [0.2, 0.25) is 0 Å². The summed E-state index contributed by atoms with van der Waals surface area (Å²) in [6.45, 7) is 0.834.